The Bertz CT molecular complexity index is 994. The minimum Gasteiger partial charge on any atom is -0.506 e. The summed E-state index contributed by atoms with van der Waals surface area (Å²) in [6, 6.07) is 10.5. The third-order valence-electron chi connectivity index (χ3n) is 3.53. The largest absolute Gasteiger partial charge is 0.506 e. The highest BCUT2D eigenvalue weighted by atomic mass is 127. The number of amides is 2. The fraction of sp³-hybridized carbons (Fsp3) is 0. The average molecular weight is 655 g/mol. The molecule has 2 N–H and O–H groups in total. The number of hydrogen-bond donors (Lipinski definition) is 2. The maximum absolute atomic E-state index is 13.0. The maximum Gasteiger partial charge on any atom is 0.270 e. The van der Waals surface area contributed by atoms with Crippen LogP contribution in [0.4, 0.5) is 5.69 Å². The molecule has 0 atom stereocenters. The number of phenols is 1. The Hall–Kier alpha value is -1.05. The third kappa shape index (κ3) is 3.94. The minimum atomic E-state index is -0.598. The van der Waals surface area contributed by atoms with Gasteiger partial charge in [0.25, 0.3) is 11.8 Å². The Kier molecular flexibility index (Phi) is 5.99. The van der Waals surface area contributed by atoms with Crippen molar-refractivity contribution in [3.63, 3.8) is 0 Å². The van der Waals surface area contributed by atoms with Crippen LogP contribution in [0, 0.1) is 7.14 Å². The Morgan fingerprint density at radius 3 is 2.62 bits per heavy atom. The number of nitrogens with zero attached hydrogens (tertiary/aromatic N) is 1. The Morgan fingerprint density at radius 1 is 1.19 bits per heavy atom. The summed E-state index contributed by atoms with van der Waals surface area (Å²) >= 11 is 12.6. The van der Waals surface area contributed by atoms with Crippen molar-refractivity contribution in [2.45, 2.75) is 0 Å². The molecule has 2 aromatic carbocycles. The van der Waals surface area contributed by atoms with Crippen molar-refractivity contribution in [1.29, 1.82) is 0 Å². The van der Waals surface area contributed by atoms with E-state index in [0.717, 1.165) is 8.04 Å². The molecule has 3 rings (SSSR count). The summed E-state index contributed by atoms with van der Waals surface area (Å²) in [5, 5.41) is 12.8. The topological polar surface area (TPSA) is 69.6 Å². The van der Waals surface area contributed by atoms with Crippen LogP contribution in [0.2, 0.25) is 0 Å². The molecule has 2 aromatic rings. The number of thiocarbonyl (C=S) groups is 1. The lowest BCUT2D eigenvalue weighted by molar-refractivity contribution is -0.122. The van der Waals surface area contributed by atoms with Gasteiger partial charge < -0.3 is 5.11 Å². The highest BCUT2D eigenvalue weighted by Gasteiger charge is 2.34. The zero-order valence-electron chi connectivity index (χ0n) is 12.8. The van der Waals surface area contributed by atoms with Crippen LogP contribution in [0.25, 0.3) is 6.08 Å². The van der Waals surface area contributed by atoms with Gasteiger partial charge >= 0.3 is 0 Å². The fourth-order valence-electron chi connectivity index (χ4n) is 2.36. The fourth-order valence-corrected chi connectivity index (χ4v) is 4.92. The molecular formula is C17H9BrI2N2O3S. The molecule has 5 nitrogen and oxygen atoms in total. The quantitative estimate of drug-likeness (QED) is 0.221. The number of anilines is 1. The molecule has 1 fully saturated rings. The average Bonchev–Trinajstić information content (AvgIpc) is 2.55. The summed E-state index contributed by atoms with van der Waals surface area (Å²) in [6.45, 7) is 0. The number of rotatable bonds is 2. The number of phenolic OH excluding ortho intramolecular Hbond substituents is 1. The summed E-state index contributed by atoms with van der Waals surface area (Å²) < 4.78 is 2.28. The number of aromatic hydroxyl groups is 1. The first-order valence-corrected chi connectivity index (χ1v) is 10.5. The Balaban J connectivity index is 2.09. The van der Waals surface area contributed by atoms with Crippen molar-refractivity contribution in [2.24, 2.45) is 0 Å². The maximum atomic E-state index is 13.0. The van der Waals surface area contributed by atoms with E-state index < -0.39 is 11.8 Å². The zero-order chi connectivity index (χ0) is 19.0. The van der Waals surface area contributed by atoms with Gasteiger partial charge in [-0.3, -0.25) is 19.8 Å². The smallest absolute Gasteiger partial charge is 0.270 e. The number of carbonyl (C=O) groups excluding carboxylic acids is 2. The van der Waals surface area contributed by atoms with Crippen LogP contribution in [-0.2, 0) is 9.59 Å². The normalized spacial score (nSPS) is 16.2. The van der Waals surface area contributed by atoms with E-state index in [9.17, 15) is 14.7 Å². The summed E-state index contributed by atoms with van der Waals surface area (Å²) in [4.78, 5) is 26.5. The summed E-state index contributed by atoms with van der Waals surface area (Å²) in [6.07, 6.45) is 1.38. The second kappa shape index (κ2) is 7.90. The molecule has 1 heterocycles. The minimum absolute atomic E-state index is 0.0108. The van der Waals surface area contributed by atoms with Gasteiger partial charge in [-0.15, -0.1) is 0 Å². The van der Waals surface area contributed by atoms with E-state index in [2.05, 4.69) is 43.8 Å². The van der Waals surface area contributed by atoms with Crippen LogP contribution >= 0.6 is 73.3 Å². The van der Waals surface area contributed by atoms with Gasteiger partial charge in [0.05, 0.1) is 9.26 Å². The lowest BCUT2D eigenvalue weighted by Gasteiger charge is -2.29. The molecule has 26 heavy (non-hydrogen) atoms. The number of nitrogens with one attached hydrogen (secondary N) is 1. The second-order valence-corrected chi connectivity index (χ2v) is 8.97. The first-order chi connectivity index (χ1) is 12.3. The van der Waals surface area contributed by atoms with Gasteiger partial charge in [-0.25, -0.2) is 0 Å². The van der Waals surface area contributed by atoms with E-state index >= 15 is 0 Å². The van der Waals surface area contributed by atoms with Crippen LogP contribution in [0.5, 0.6) is 5.75 Å². The van der Waals surface area contributed by atoms with Crippen LogP contribution in [-0.4, -0.2) is 22.0 Å². The zero-order valence-corrected chi connectivity index (χ0v) is 19.5. The molecule has 1 saturated heterocycles. The van der Waals surface area contributed by atoms with Crippen molar-refractivity contribution in [3.05, 3.63) is 59.1 Å². The van der Waals surface area contributed by atoms with Gasteiger partial charge in [0.1, 0.15) is 11.3 Å². The molecule has 0 radical (unpaired) electrons. The molecular weight excluding hydrogens is 646 g/mol. The predicted molar refractivity (Wildman–Crippen MR) is 124 cm³/mol. The number of carbonyl (C=O) groups is 2. The van der Waals surface area contributed by atoms with Crippen molar-refractivity contribution >= 4 is 102 Å². The molecule has 0 aliphatic carbocycles. The van der Waals surface area contributed by atoms with Gasteiger partial charge in [-0.05, 0) is 93.8 Å². The molecule has 1 aliphatic rings. The van der Waals surface area contributed by atoms with Crippen LogP contribution < -0.4 is 10.2 Å². The highest BCUT2D eigenvalue weighted by molar-refractivity contribution is 14.1. The first kappa shape index (κ1) is 19.7. The van der Waals surface area contributed by atoms with Gasteiger partial charge in [-0.1, -0.05) is 22.0 Å². The van der Waals surface area contributed by atoms with E-state index in [1.807, 2.05) is 28.7 Å². The molecule has 0 bridgehead atoms. The Labute approximate surface area is 190 Å². The van der Waals surface area contributed by atoms with Crippen molar-refractivity contribution in [1.82, 2.24) is 5.32 Å². The highest BCUT2D eigenvalue weighted by Crippen LogP contribution is 2.30. The monoisotopic (exact) mass is 654 g/mol. The van der Waals surface area contributed by atoms with Gasteiger partial charge in [-0.2, -0.15) is 0 Å². The molecule has 0 spiro atoms. The van der Waals surface area contributed by atoms with Gasteiger partial charge in [0, 0.05) is 13.6 Å². The summed E-state index contributed by atoms with van der Waals surface area (Å²) in [5.74, 6) is -1.13. The molecule has 9 heteroatoms. The van der Waals surface area contributed by atoms with E-state index in [4.69, 9.17) is 12.2 Å². The molecule has 0 saturated carbocycles. The lowest BCUT2D eigenvalue weighted by atomic mass is 10.1. The number of benzene rings is 2. The molecule has 0 unspecified atom stereocenters. The predicted octanol–water partition coefficient (Wildman–Crippen LogP) is 4.20. The summed E-state index contributed by atoms with van der Waals surface area (Å²) in [7, 11) is 0. The molecule has 132 valence electrons. The molecule has 1 aliphatic heterocycles. The third-order valence-corrected chi connectivity index (χ3v) is 5.75. The summed E-state index contributed by atoms with van der Waals surface area (Å²) in [5.41, 5.74) is 0.815. The Morgan fingerprint density at radius 2 is 1.92 bits per heavy atom. The molecule has 2 amide bonds. The van der Waals surface area contributed by atoms with E-state index in [1.165, 1.54) is 11.0 Å². The van der Waals surface area contributed by atoms with Crippen LogP contribution in [0.1, 0.15) is 5.56 Å². The number of halogens is 3. The lowest BCUT2D eigenvalue weighted by Crippen LogP contribution is -2.54. The molecule has 0 aromatic heterocycles. The number of hydrogen-bond acceptors (Lipinski definition) is 4. The van der Waals surface area contributed by atoms with Crippen LogP contribution in [0.15, 0.2) is 46.4 Å². The standard InChI is InChI=1S/C17H9BrI2N2O3S/c18-9-2-1-3-11(6-9)22-16(25)12(15(24)21-17(22)26)5-8-4-10(19)7-13(20)14(8)23/h1-7,23H,(H,21,24,26)/b12-5+. The SMILES string of the molecule is O=C1NC(=S)N(c2cccc(Br)c2)C(=O)/C1=C/c1cc(I)cc(I)c1O. The van der Waals surface area contributed by atoms with E-state index in [1.54, 1.807) is 30.3 Å². The van der Waals surface area contributed by atoms with E-state index in [-0.39, 0.29) is 16.4 Å². The van der Waals surface area contributed by atoms with Crippen molar-refractivity contribution in [2.75, 3.05) is 4.90 Å². The van der Waals surface area contributed by atoms with Gasteiger partial charge in [0.15, 0.2) is 5.11 Å². The van der Waals surface area contributed by atoms with E-state index in [0.29, 0.717) is 14.8 Å². The second-order valence-electron chi connectivity index (χ2n) is 5.26. The first-order valence-electron chi connectivity index (χ1n) is 7.13. The van der Waals surface area contributed by atoms with Gasteiger partial charge in [0.2, 0.25) is 0 Å². The van der Waals surface area contributed by atoms with Crippen molar-refractivity contribution < 1.29 is 14.7 Å². The van der Waals surface area contributed by atoms with Crippen LogP contribution in [0.3, 0.4) is 0 Å². The van der Waals surface area contributed by atoms with Crippen molar-refractivity contribution in [3.8, 4) is 5.75 Å².